The van der Waals surface area contributed by atoms with Gasteiger partial charge in [0.25, 0.3) is 0 Å². The number of hydrogen-bond acceptors (Lipinski definition) is 4. The molecule has 0 fully saturated rings. The molecular formula is C11H13ClN4O. The van der Waals surface area contributed by atoms with Gasteiger partial charge in [-0.15, -0.1) is 0 Å². The molecule has 1 heterocycles. The quantitative estimate of drug-likeness (QED) is 0.905. The summed E-state index contributed by atoms with van der Waals surface area (Å²) in [6, 6.07) is 5.45. The Morgan fingerprint density at radius 2 is 2.29 bits per heavy atom. The molecule has 6 heteroatoms. The molecule has 1 aromatic heterocycles. The first kappa shape index (κ1) is 11.7. The van der Waals surface area contributed by atoms with Crippen molar-refractivity contribution < 1.29 is 4.74 Å². The maximum Gasteiger partial charge on any atom is 0.145 e. The zero-order valence-corrected chi connectivity index (χ0v) is 10.4. The summed E-state index contributed by atoms with van der Waals surface area (Å²) in [5.74, 6) is 1.60. The summed E-state index contributed by atoms with van der Waals surface area (Å²) >= 11 is 6.07. The molecule has 2 aromatic rings. The molecule has 1 aromatic carbocycles. The van der Waals surface area contributed by atoms with Gasteiger partial charge in [0, 0.05) is 13.1 Å². The van der Waals surface area contributed by atoms with Crippen LogP contribution in [0.15, 0.2) is 24.5 Å². The highest BCUT2D eigenvalue weighted by atomic mass is 35.5. The molecule has 90 valence electrons. The van der Waals surface area contributed by atoms with Gasteiger partial charge < -0.3 is 10.1 Å². The summed E-state index contributed by atoms with van der Waals surface area (Å²) in [5.41, 5.74) is 0.814. The van der Waals surface area contributed by atoms with Crippen molar-refractivity contribution in [3.05, 3.63) is 35.4 Å². The van der Waals surface area contributed by atoms with Crippen LogP contribution in [-0.2, 0) is 13.6 Å². The molecule has 0 atom stereocenters. The van der Waals surface area contributed by atoms with E-state index in [-0.39, 0.29) is 0 Å². The van der Waals surface area contributed by atoms with Gasteiger partial charge in [-0.1, -0.05) is 11.6 Å². The summed E-state index contributed by atoms with van der Waals surface area (Å²) in [6.45, 7) is 0.559. The molecule has 0 saturated heterocycles. The third-order valence-electron chi connectivity index (χ3n) is 2.42. The zero-order chi connectivity index (χ0) is 12.3. The third kappa shape index (κ3) is 2.68. The number of methoxy groups -OCH3 is 1. The number of rotatable bonds is 4. The number of hydrogen-bond donors (Lipinski definition) is 1. The zero-order valence-electron chi connectivity index (χ0n) is 9.64. The number of halogens is 1. The Morgan fingerprint density at radius 1 is 1.47 bits per heavy atom. The van der Waals surface area contributed by atoms with E-state index in [9.17, 15) is 0 Å². The summed E-state index contributed by atoms with van der Waals surface area (Å²) in [5, 5.41) is 7.83. The maximum atomic E-state index is 6.07. The van der Waals surface area contributed by atoms with Gasteiger partial charge in [0.1, 0.15) is 17.9 Å². The second kappa shape index (κ2) is 5.05. The molecule has 0 aliphatic rings. The number of nitrogens with zero attached hydrogens (tertiary/aromatic N) is 3. The van der Waals surface area contributed by atoms with Gasteiger partial charge in [-0.25, -0.2) is 4.98 Å². The minimum absolute atomic E-state index is 0.559. The van der Waals surface area contributed by atoms with Crippen molar-refractivity contribution in [1.29, 1.82) is 0 Å². The minimum atomic E-state index is 0.559. The molecule has 0 bridgehead atoms. The van der Waals surface area contributed by atoms with Gasteiger partial charge in [-0.3, -0.25) is 4.68 Å². The van der Waals surface area contributed by atoms with E-state index in [1.807, 2.05) is 19.2 Å². The van der Waals surface area contributed by atoms with Crippen LogP contribution in [0.5, 0.6) is 5.75 Å². The minimum Gasteiger partial charge on any atom is -0.497 e. The van der Waals surface area contributed by atoms with Gasteiger partial charge in [0.05, 0.1) is 24.4 Å². The van der Waals surface area contributed by atoms with Gasteiger partial charge in [0.15, 0.2) is 0 Å². The van der Waals surface area contributed by atoms with E-state index in [2.05, 4.69) is 15.4 Å². The highest BCUT2D eigenvalue weighted by molar-refractivity contribution is 6.33. The normalized spacial score (nSPS) is 10.3. The molecule has 0 spiro atoms. The number of aryl methyl sites for hydroxylation is 1. The molecule has 2 rings (SSSR count). The first-order chi connectivity index (χ1) is 8.20. The number of anilines is 1. The molecule has 5 nitrogen and oxygen atoms in total. The summed E-state index contributed by atoms with van der Waals surface area (Å²) < 4.78 is 6.85. The lowest BCUT2D eigenvalue weighted by Gasteiger charge is -2.09. The molecule has 1 N–H and O–H groups in total. The number of benzene rings is 1. The molecular weight excluding hydrogens is 240 g/mol. The van der Waals surface area contributed by atoms with E-state index < -0.39 is 0 Å². The van der Waals surface area contributed by atoms with Crippen molar-refractivity contribution >= 4 is 17.3 Å². The Bertz CT molecular complexity index is 512. The molecule has 0 unspecified atom stereocenters. The third-order valence-corrected chi connectivity index (χ3v) is 2.75. The molecule has 0 saturated carbocycles. The van der Waals surface area contributed by atoms with Crippen molar-refractivity contribution in [3.8, 4) is 5.75 Å². The van der Waals surface area contributed by atoms with E-state index in [1.54, 1.807) is 17.9 Å². The van der Waals surface area contributed by atoms with E-state index >= 15 is 0 Å². The van der Waals surface area contributed by atoms with Crippen LogP contribution in [0.3, 0.4) is 0 Å². The first-order valence-corrected chi connectivity index (χ1v) is 5.49. The lowest BCUT2D eigenvalue weighted by Crippen LogP contribution is -2.07. The Hall–Kier alpha value is -1.75. The lowest BCUT2D eigenvalue weighted by molar-refractivity contribution is 0.415. The van der Waals surface area contributed by atoms with Crippen LogP contribution in [0.25, 0.3) is 0 Å². The Morgan fingerprint density at radius 3 is 2.94 bits per heavy atom. The first-order valence-electron chi connectivity index (χ1n) is 5.11. The van der Waals surface area contributed by atoms with Gasteiger partial charge in [-0.05, 0) is 12.1 Å². The second-order valence-electron chi connectivity index (χ2n) is 3.50. The molecule has 0 aliphatic carbocycles. The fourth-order valence-corrected chi connectivity index (χ4v) is 1.61. The molecule has 0 amide bonds. The van der Waals surface area contributed by atoms with Crippen LogP contribution >= 0.6 is 11.6 Å². The van der Waals surface area contributed by atoms with Crippen LogP contribution < -0.4 is 10.1 Å². The van der Waals surface area contributed by atoms with Gasteiger partial charge in [-0.2, -0.15) is 5.10 Å². The van der Waals surface area contributed by atoms with E-state index in [1.165, 1.54) is 6.33 Å². The van der Waals surface area contributed by atoms with Crippen molar-refractivity contribution in [2.24, 2.45) is 7.05 Å². The van der Waals surface area contributed by atoms with Crippen LogP contribution in [0.2, 0.25) is 5.02 Å². The Kier molecular flexibility index (Phi) is 3.49. The highest BCUT2D eigenvalue weighted by Gasteiger charge is 2.04. The van der Waals surface area contributed by atoms with Crippen molar-refractivity contribution in [2.45, 2.75) is 6.54 Å². The maximum absolute atomic E-state index is 6.07. The summed E-state index contributed by atoms with van der Waals surface area (Å²) in [6.07, 6.45) is 1.52. The standard InChI is InChI=1S/C11H13ClN4O/c1-16-11(14-7-15-16)6-13-10-5-8(17-2)3-4-9(10)12/h3-5,7,13H,6H2,1-2H3. The van der Waals surface area contributed by atoms with Crippen LogP contribution in [-0.4, -0.2) is 21.9 Å². The van der Waals surface area contributed by atoms with Crippen molar-refractivity contribution in [2.75, 3.05) is 12.4 Å². The molecule has 17 heavy (non-hydrogen) atoms. The van der Waals surface area contributed by atoms with Gasteiger partial charge >= 0.3 is 0 Å². The van der Waals surface area contributed by atoms with E-state index in [0.717, 1.165) is 17.3 Å². The SMILES string of the molecule is COc1ccc(Cl)c(NCc2ncnn2C)c1. The average Bonchev–Trinajstić information content (AvgIpc) is 2.74. The Labute approximate surface area is 104 Å². The second-order valence-corrected chi connectivity index (χ2v) is 3.91. The fourth-order valence-electron chi connectivity index (χ4n) is 1.42. The van der Waals surface area contributed by atoms with Crippen LogP contribution in [0, 0.1) is 0 Å². The fraction of sp³-hybridized carbons (Fsp3) is 0.273. The lowest BCUT2D eigenvalue weighted by atomic mass is 10.3. The Balaban J connectivity index is 2.11. The van der Waals surface area contributed by atoms with Crippen molar-refractivity contribution in [1.82, 2.24) is 14.8 Å². The number of nitrogens with one attached hydrogen (secondary N) is 1. The van der Waals surface area contributed by atoms with Crippen molar-refractivity contribution in [3.63, 3.8) is 0 Å². The monoisotopic (exact) mass is 252 g/mol. The molecule has 0 radical (unpaired) electrons. The number of aromatic nitrogens is 3. The van der Waals surface area contributed by atoms with E-state index in [4.69, 9.17) is 16.3 Å². The van der Waals surface area contributed by atoms with E-state index in [0.29, 0.717) is 11.6 Å². The summed E-state index contributed by atoms with van der Waals surface area (Å²) in [7, 11) is 3.47. The number of ether oxygens (including phenoxy) is 1. The molecule has 0 aliphatic heterocycles. The predicted octanol–water partition coefficient (Wildman–Crippen LogP) is 2.09. The predicted molar refractivity (Wildman–Crippen MR) is 66.3 cm³/mol. The highest BCUT2D eigenvalue weighted by Crippen LogP contribution is 2.26. The topological polar surface area (TPSA) is 52.0 Å². The average molecular weight is 253 g/mol. The van der Waals surface area contributed by atoms with Crippen LogP contribution in [0.1, 0.15) is 5.82 Å². The van der Waals surface area contributed by atoms with Gasteiger partial charge in [0.2, 0.25) is 0 Å². The smallest absolute Gasteiger partial charge is 0.145 e. The van der Waals surface area contributed by atoms with Crippen LogP contribution in [0.4, 0.5) is 5.69 Å². The summed E-state index contributed by atoms with van der Waals surface area (Å²) in [4.78, 5) is 4.12. The largest absolute Gasteiger partial charge is 0.497 e.